The highest BCUT2D eigenvalue weighted by Crippen LogP contribution is 2.23. The summed E-state index contributed by atoms with van der Waals surface area (Å²) in [4.78, 5) is 0. The lowest BCUT2D eigenvalue weighted by Crippen LogP contribution is -2.19. The van der Waals surface area contributed by atoms with E-state index in [0.29, 0.717) is 13.2 Å². The van der Waals surface area contributed by atoms with E-state index in [4.69, 9.17) is 4.74 Å². The summed E-state index contributed by atoms with van der Waals surface area (Å²) < 4.78 is 7.05. The molecule has 0 amide bonds. The van der Waals surface area contributed by atoms with Crippen LogP contribution in [0, 0.1) is 6.92 Å². The second-order valence-electron chi connectivity index (χ2n) is 3.38. The molecule has 5 heteroatoms. The van der Waals surface area contributed by atoms with Crippen LogP contribution in [0.2, 0.25) is 0 Å². The van der Waals surface area contributed by atoms with Crippen LogP contribution in [-0.4, -0.2) is 39.2 Å². The predicted molar refractivity (Wildman–Crippen MR) is 45.3 cm³/mol. The molecule has 2 atom stereocenters. The van der Waals surface area contributed by atoms with E-state index in [9.17, 15) is 5.11 Å². The number of nitrogens with zero attached hydrogens (tertiary/aromatic N) is 3. The number of hydrogen-bond acceptors (Lipinski definition) is 4. The SMILES string of the molecule is Cc1nnc(C2COCC2O)n1C. The molecular formula is C8H13N3O2. The first kappa shape index (κ1) is 8.65. The number of aliphatic hydroxyl groups is 1. The van der Waals surface area contributed by atoms with Gasteiger partial charge in [0.1, 0.15) is 11.6 Å². The standard InChI is InChI=1S/C8H13N3O2/c1-5-9-10-8(11(5)2)6-3-13-4-7(6)12/h6-7,12H,3-4H2,1-2H3. The summed E-state index contributed by atoms with van der Waals surface area (Å²) in [5, 5.41) is 17.5. The second kappa shape index (κ2) is 3.08. The Kier molecular flexibility index (Phi) is 2.05. The van der Waals surface area contributed by atoms with Crippen LogP contribution in [0.15, 0.2) is 0 Å². The minimum absolute atomic E-state index is 0.0220. The van der Waals surface area contributed by atoms with Gasteiger partial charge in [-0.3, -0.25) is 0 Å². The lowest BCUT2D eigenvalue weighted by atomic mass is 10.1. The first-order valence-corrected chi connectivity index (χ1v) is 4.32. The number of aryl methyl sites for hydroxylation is 1. The van der Waals surface area contributed by atoms with Crippen molar-refractivity contribution in [1.29, 1.82) is 0 Å². The Hall–Kier alpha value is -0.940. The van der Waals surface area contributed by atoms with Gasteiger partial charge in [0.25, 0.3) is 0 Å². The Labute approximate surface area is 76.3 Å². The number of aromatic nitrogens is 3. The molecule has 1 saturated heterocycles. The molecule has 0 radical (unpaired) electrons. The van der Waals surface area contributed by atoms with Crippen LogP contribution in [0.1, 0.15) is 17.6 Å². The Balaban J connectivity index is 2.29. The van der Waals surface area contributed by atoms with Crippen LogP contribution < -0.4 is 0 Å². The van der Waals surface area contributed by atoms with E-state index in [1.807, 2.05) is 18.5 Å². The molecule has 5 nitrogen and oxygen atoms in total. The number of hydrogen-bond donors (Lipinski definition) is 1. The third kappa shape index (κ3) is 1.34. The fourth-order valence-electron chi connectivity index (χ4n) is 1.54. The monoisotopic (exact) mass is 183 g/mol. The highest BCUT2D eigenvalue weighted by Gasteiger charge is 2.31. The van der Waals surface area contributed by atoms with Gasteiger partial charge in [0.2, 0.25) is 0 Å². The Bertz CT molecular complexity index is 310. The fourth-order valence-corrected chi connectivity index (χ4v) is 1.54. The summed E-state index contributed by atoms with van der Waals surface area (Å²) >= 11 is 0. The molecule has 0 saturated carbocycles. The van der Waals surface area contributed by atoms with Crippen LogP contribution in [0.25, 0.3) is 0 Å². The van der Waals surface area contributed by atoms with E-state index in [2.05, 4.69) is 10.2 Å². The summed E-state index contributed by atoms with van der Waals surface area (Å²) in [5.74, 6) is 1.64. The summed E-state index contributed by atoms with van der Waals surface area (Å²) in [5.41, 5.74) is 0. The van der Waals surface area contributed by atoms with Crippen LogP contribution >= 0.6 is 0 Å². The lowest BCUT2D eigenvalue weighted by molar-refractivity contribution is 0.124. The molecule has 0 spiro atoms. The van der Waals surface area contributed by atoms with Gasteiger partial charge in [-0.1, -0.05) is 0 Å². The summed E-state index contributed by atoms with van der Waals surface area (Å²) in [6.45, 7) is 2.82. The van der Waals surface area contributed by atoms with E-state index in [1.54, 1.807) is 0 Å². The van der Waals surface area contributed by atoms with Crippen molar-refractivity contribution in [2.45, 2.75) is 18.9 Å². The topological polar surface area (TPSA) is 60.2 Å². The zero-order valence-electron chi connectivity index (χ0n) is 7.77. The molecule has 1 aromatic heterocycles. The minimum atomic E-state index is -0.442. The summed E-state index contributed by atoms with van der Waals surface area (Å²) in [6, 6.07) is 0. The number of ether oxygens (including phenoxy) is 1. The van der Waals surface area contributed by atoms with Gasteiger partial charge in [-0.25, -0.2) is 0 Å². The van der Waals surface area contributed by atoms with Gasteiger partial charge >= 0.3 is 0 Å². The fraction of sp³-hybridized carbons (Fsp3) is 0.750. The molecular weight excluding hydrogens is 170 g/mol. The zero-order chi connectivity index (χ0) is 9.42. The van der Waals surface area contributed by atoms with Gasteiger partial charge in [-0.2, -0.15) is 0 Å². The summed E-state index contributed by atoms with van der Waals surface area (Å²) in [7, 11) is 1.90. The smallest absolute Gasteiger partial charge is 0.140 e. The van der Waals surface area contributed by atoms with Gasteiger partial charge in [0.05, 0.1) is 25.2 Å². The van der Waals surface area contributed by atoms with E-state index in [-0.39, 0.29) is 5.92 Å². The molecule has 1 aromatic rings. The van der Waals surface area contributed by atoms with Gasteiger partial charge in [-0.05, 0) is 6.92 Å². The predicted octanol–water partition coefficient (Wildman–Crippen LogP) is -0.402. The van der Waals surface area contributed by atoms with Crippen molar-refractivity contribution in [1.82, 2.24) is 14.8 Å². The van der Waals surface area contributed by atoms with Crippen LogP contribution in [-0.2, 0) is 11.8 Å². The van der Waals surface area contributed by atoms with Crippen LogP contribution in [0.3, 0.4) is 0 Å². The Morgan fingerprint density at radius 2 is 2.23 bits per heavy atom. The van der Waals surface area contributed by atoms with Gasteiger partial charge in [-0.15, -0.1) is 10.2 Å². The maximum Gasteiger partial charge on any atom is 0.140 e. The molecule has 2 unspecified atom stereocenters. The molecule has 72 valence electrons. The largest absolute Gasteiger partial charge is 0.390 e. The Morgan fingerprint density at radius 1 is 1.46 bits per heavy atom. The van der Waals surface area contributed by atoms with E-state index in [0.717, 1.165) is 11.6 Å². The van der Waals surface area contributed by atoms with Crippen molar-refractivity contribution in [3.8, 4) is 0 Å². The first-order valence-electron chi connectivity index (χ1n) is 4.32. The van der Waals surface area contributed by atoms with Crippen molar-refractivity contribution in [2.75, 3.05) is 13.2 Å². The molecule has 1 aliphatic rings. The first-order chi connectivity index (χ1) is 6.20. The molecule has 2 heterocycles. The highest BCUT2D eigenvalue weighted by molar-refractivity contribution is 5.04. The highest BCUT2D eigenvalue weighted by atomic mass is 16.5. The van der Waals surface area contributed by atoms with Gasteiger partial charge < -0.3 is 14.4 Å². The molecule has 0 aliphatic carbocycles. The average Bonchev–Trinajstić information content (AvgIpc) is 2.62. The number of rotatable bonds is 1. The van der Waals surface area contributed by atoms with Crippen LogP contribution in [0.4, 0.5) is 0 Å². The molecule has 0 aromatic carbocycles. The molecule has 0 bridgehead atoms. The Morgan fingerprint density at radius 3 is 2.69 bits per heavy atom. The summed E-state index contributed by atoms with van der Waals surface area (Å²) in [6.07, 6.45) is -0.442. The van der Waals surface area contributed by atoms with Crippen LogP contribution in [0.5, 0.6) is 0 Å². The van der Waals surface area contributed by atoms with Crippen molar-refractivity contribution >= 4 is 0 Å². The van der Waals surface area contributed by atoms with Crippen molar-refractivity contribution < 1.29 is 9.84 Å². The maximum atomic E-state index is 9.57. The third-order valence-electron chi connectivity index (χ3n) is 2.51. The second-order valence-corrected chi connectivity index (χ2v) is 3.38. The minimum Gasteiger partial charge on any atom is -0.390 e. The zero-order valence-corrected chi connectivity index (χ0v) is 7.77. The van der Waals surface area contributed by atoms with Gasteiger partial charge in [0.15, 0.2) is 0 Å². The van der Waals surface area contributed by atoms with Crippen molar-refractivity contribution in [3.63, 3.8) is 0 Å². The molecule has 1 aliphatic heterocycles. The molecule has 13 heavy (non-hydrogen) atoms. The lowest BCUT2D eigenvalue weighted by Gasteiger charge is -2.10. The van der Waals surface area contributed by atoms with E-state index < -0.39 is 6.10 Å². The average molecular weight is 183 g/mol. The maximum absolute atomic E-state index is 9.57. The van der Waals surface area contributed by atoms with Gasteiger partial charge in [0, 0.05) is 7.05 Å². The van der Waals surface area contributed by atoms with Crippen molar-refractivity contribution in [3.05, 3.63) is 11.6 Å². The van der Waals surface area contributed by atoms with E-state index in [1.165, 1.54) is 0 Å². The molecule has 1 N–H and O–H groups in total. The van der Waals surface area contributed by atoms with Crippen molar-refractivity contribution in [2.24, 2.45) is 7.05 Å². The quantitative estimate of drug-likeness (QED) is 0.643. The van der Waals surface area contributed by atoms with E-state index >= 15 is 0 Å². The number of aliphatic hydroxyl groups excluding tert-OH is 1. The normalized spacial score (nSPS) is 28.2. The molecule has 1 fully saturated rings. The third-order valence-corrected chi connectivity index (χ3v) is 2.51. The molecule has 2 rings (SSSR count).